The second kappa shape index (κ2) is 25.2. The molecular weight excluding hydrogens is 765 g/mol. The number of carbonyl (C=O) groups excluding carboxylic acids is 2. The Bertz CT molecular complexity index is 2010. The number of phenolic OH excluding ortho intramolecular Hbond substituents is 1. The summed E-state index contributed by atoms with van der Waals surface area (Å²) < 4.78 is 5.45. The number of phenols is 1. The molecule has 328 valence electrons. The zero-order valence-corrected chi connectivity index (χ0v) is 36.3. The van der Waals surface area contributed by atoms with Crippen LogP contribution in [0.5, 0.6) is 11.5 Å². The molecule has 0 amide bonds. The van der Waals surface area contributed by atoms with Crippen LogP contribution in [0.1, 0.15) is 96.7 Å². The first kappa shape index (κ1) is 47.2. The molecule has 7 N–H and O–H groups in total. The molecule has 5 rings (SSSR count). The van der Waals surface area contributed by atoms with Crippen LogP contribution in [0.15, 0.2) is 85.1 Å². The molecule has 10 nitrogen and oxygen atoms in total. The number of Topliss-reactive ketones (excluding diaryl/α,β-unsaturated/α-hetero) is 1. The standard InChI is InChI=1S/C51H68N4O6/c1-53-33-43(40-20-22-54-23-21-40)26-37(14-8-24-56)13-7-15-46(58)31-47(59)28-45(35-57)48-32-50(61-2)49(60)29-42(48)27-44-34-55-51(52)30-41(44)19-18-39-12-6-11-38(25-39)17-16-36-9-4-3-5-10-36/h3-6,9-12,25,28-30,32,34,37,40,43,53-54,56-57,60H,7-8,13-24,26-27,31,33,35H2,1-2H3,(H2,52,55). The quantitative estimate of drug-likeness (QED) is 0.0281. The summed E-state index contributed by atoms with van der Waals surface area (Å²) in [7, 11) is 3.46. The summed E-state index contributed by atoms with van der Waals surface area (Å²) in [5.41, 5.74) is 13.5. The number of aromatic hydroxyl groups is 1. The SMILES string of the molecule is CNCC(CC(CCCO)CCCC(=O)CC(=O)C=C(CO)c1cc(OC)c(O)cc1Cc1cnc(N)cc1CCc1cccc(CCc2ccccc2)c1)C1CCNCC1. The highest BCUT2D eigenvalue weighted by Crippen LogP contribution is 2.35. The van der Waals surface area contributed by atoms with Crippen molar-refractivity contribution in [3.05, 3.63) is 124 Å². The van der Waals surface area contributed by atoms with E-state index in [1.54, 1.807) is 18.3 Å². The molecule has 0 radical (unpaired) electrons. The van der Waals surface area contributed by atoms with Crippen LogP contribution in [0.25, 0.3) is 5.57 Å². The number of methoxy groups -OCH3 is 1. The molecule has 2 atom stereocenters. The fourth-order valence-electron chi connectivity index (χ4n) is 9.05. The average Bonchev–Trinajstić information content (AvgIpc) is 3.27. The molecule has 1 aliphatic heterocycles. The fraction of sp³-hybridized carbons (Fsp3) is 0.471. The third-order valence-corrected chi connectivity index (χ3v) is 12.3. The minimum Gasteiger partial charge on any atom is -0.504 e. The third kappa shape index (κ3) is 15.2. The van der Waals surface area contributed by atoms with Crippen molar-refractivity contribution < 1.29 is 29.6 Å². The smallest absolute Gasteiger partial charge is 0.163 e. The molecule has 0 aliphatic carbocycles. The average molecular weight is 833 g/mol. The van der Waals surface area contributed by atoms with Gasteiger partial charge >= 0.3 is 0 Å². The molecule has 1 fully saturated rings. The van der Waals surface area contributed by atoms with Gasteiger partial charge in [0.05, 0.1) is 20.1 Å². The van der Waals surface area contributed by atoms with Gasteiger partial charge in [0.25, 0.3) is 0 Å². The molecule has 1 aliphatic rings. The second-order valence-corrected chi connectivity index (χ2v) is 16.8. The van der Waals surface area contributed by atoms with Crippen LogP contribution >= 0.6 is 0 Å². The van der Waals surface area contributed by atoms with Crippen molar-refractivity contribution in [3.63, 3.8) is 0 Å². The topological polar surface area (TPSA) is 167 Å². The summed E-state index contributed by atoms with van der Waals surface area (Å²) in [5.74, 6) is 1.67. The van der Waals surface area contributed by atoms with Gasteiger partial charge in [-0.1, -0.05) is 61.0 Å². The van der Waals surface area contributed by atoms with Crippen LogP contribution in [-0.4, -0.2) is 78.9 Å². The van der Waals surface area contributed by atoms with Crippen molar-refractivity contribution >= 4 is 23.0 Å². The van der Waals surface area contributed by atoms with Gasteiger partial charge in [-0.25, -0.2) is 4.98 Å². The number of piperidine rings is 1. The summed E-state index contributed by atoms with van der Waals surface area (Å²) in [5, 5.41) is 38.0. The molecule has 0 bridgehead atoms. The monoisotopic (exact) mass is 833 g/mol. The molecule has 2 unspecified atom stereocenters. The summed E-state index contributed by atoms with van der Waals surface area (Å²) in [4.78, 5) is 31.0. The molecule has 0 saturated carbocycles. The summed E-state index contributed by atoms with van der Waals surface area (Å²) >= 11 is 0. The number of anilines is 1. The maximum atomic E-state index is 13.4. The lowest BCUT2D eigenvalue weighted by molar-refractivity contribution is -0.124. The number of carbonyl (C=O) groups is 2. The van der Waals surface area contributed by atoms with Gasteiger partial charge in [0.1, 0.15) is 11.6 Å². The van der Waals surface area contributed by atoms with Gasteiger partial charge in [-0.3, -0.25) is 9.59 Å². The van der Waals surface area contributed by atoms with E-state index in [-0.39, 0.29) is 36.1 Å². The molecule has 1 aromatic heterocycles. The lowest BCUT2D eigenvalue weighted by Gasteiger charge is -2.33. The number of aromatic nitrogens is 1. The van der Waals surface area contributed by atoms with E-state index in [1.165, 1.54) is 42.7 Å². The largest absolute Gasteiger partial charge is 0.504 e. The van der Waals surface area contributed by atoms with Gasteiger partial charge < -0.3 is 36.4 Å². The second-order valence-electron chi connectivity index (χ2n) is 16.8. The minimum atomic E-state index is -0.453. The Hall–Kier alpha value is -4.87. The Labute approximate surface area is 363 Å². The van der Waals surface area contributed by atoms with Crippen LogP contribution < -0.4 is 21.1 Å². The van der Waals surface area contributed by atoms with E-state index in [2.05, 4.69) is 64.1 Å². The number of pyridine rings is 1. The highest BCUT2D eigenvalue weighted by Gasteiger charge is 2.26. The predicted octanol–water partition coefficient (Wildman–Crippen LogP) is 7.23. The number of allylic oxidation sites excluding steroid dienone is 1. The first-order chi connectivity index (χ1) is 29.7. The number of benzene rings is 3. The number of aryl methyl sites for hydroxylation is 4. The first-order valence-electron chi connectivity index (χ1n) is 22.3. The van der Waals surface area contributed by atoms with E-state index in [1.807, 2.05) is 19.2 Å². The maximum Gasteiger partial charge on any atom is 0.163 e. The van der Waals surface area contributed by atoms with Crippen molar-refractivity contribution in [3.8, 4) is 11.5 Å². The van der Waals surface area contributed by atoms with Crippen molar-refractivity contribution in [2.45, 2.75) is 89.9 Å². The number of aliphatic hydroxyl groups excluding tert-OH is 2. The lowest BCUT2D eigenvalue weighted by atomic mass is 9.77. The zero-order valence-electron chi connectivity index (χ0n) is 36.3. The number of nitrogens with one attached hydrogen (secondary N) is 2. The Morgan fingerprint density at radius 1 is 0.902 bits per heavy atom. The Balaban J connectivity index is 1.24. The van der Waals surface area contributed by atoms with Gasteiger partial charge in [0.15, 0.2) is 17.3 Å². The van der Waals surface area contributed by atoms with Crippen LogP contribution in [0.2, 0.25) is 0 Å². The van der Waals surface area contributed by atoms with E-state index in [0.29, 0.717) is 66.0 Å². The minimum absolute atomic E-state index is 0.0670. The van der Waals surface area contributed by atoms with Crippen molar-refractivity contribution in [1.82, 2.24) is 15.6 Å². The maximum absolute atomic E-state index is 13.4. The lowest BCUT2D eigenvalue weighted by Crippen LogP contribution is -2.36. The zero-order chi connectivity index (χ0) is 43.4. The highest BCUT2D eigenvalue weighted by atomic mass is 16.5. The van der Waals surface area contributed by atoms with E-state index in [4.69, 9.17) is 10.5 Å². The van der Waals surface area contributed by atoms with E-state index >= 15 is 0 Å². The fourth-order valence-corrected chi connectivity index (χ4v) is 9.05. The molecule has 1 saturated heterocycles. The van der Waals surface area contributed by atoms with Gasteiger partial charge in [-0.05, 0) is 184 Å². The number of nitrogen functional groups attached to an aromatic ring is 1. The van der Waals surface area contributed by atoms with Gasteiger partial charge in [-0.15, -0.1) is 0 Å². The number of nitrogens with zero attached hydrogens (tertiary/aromatic N) is 1. The van der Waals surface area contributed by atoms with Crippen molar-refractivity contribution in [2.24, 2.45) is 17.8 Å². The van der Waals surface area contributed by atoms with Crippen LogP contribution in [0.4, 0.5) is 5.82 Å². The number of hydrogen-bond acceptors (Lipinski definition) is 10. The number of ether oxygens (including phenoxy) is 1. The number of rotatable bonds is 26. The van der Waals surface area contributed by atoms with E-state index in [0.717, 1.165) is 75.7 Å². The van der Waals surface area contributed by atoms with Crippen molar-refractivity contribution in [2.75, 3.05) is 52.7 Å². The number of hydrogen-bond donors (Lipinski definition) is 6. The molecule has 3 aromatic carbocycles. The molecule has 2 heterocycles. The van der Waals surface area contributed by atoms with Crippen LogP contribution in [0, 0.1) is 17.8 Å². The van der Waals surface area contributed by atoms with E-state index in [9.17, 15) is 24.9 Å². The van der Waals surface area contributed by atoms with Crippen molar-refractivity contribution in [1.29, 1.82) is 0 Å². The van der Waals surface area contributed by atoms with Gasteiger partial charge in [0, 0.05) is 19.2 Å². The molecular formula is C51H68N4O6. The summed E-state index contributed by atoms with van der Waals surface area (Å²) in [6.45, 7) is 2.77. The van der Waals surface area contributed by atoms with E-state index < -0.39 is 6.61 Å². The number of aliphatic hydroxyl groups is 2. The molecule has 61 heavy (non-hydrogen) atoms. The van der Waals surface area contributed by atoms with Crippen LogP contribution in [-0.2, 0) is 41.7 Å². The highest BCUT2D eigenvalue weighted by molar-refractivity contribution is 6.07. The summed E-state index contributed by atoms with van der Waals surface area (Å²) in [6, 6.07) is 24.3. The molecule has 4 aromatic rings. The number of nitrogens with two attached hydrogens (primary N) is 1. The normalized spacial score (nSPS) is 14.5. The Morgan fingerprint density at radius 2 is 1.61 bits per heavy atom. The molecule has 10 heteroatoms. The Morgan fingerprint density at radius 3 is 2.31 bits per heavy atom. The Kier molecular flexibility index (Phi) is 19.5. The third-order valence-electron chi connectivity index (χ3n) is 12.3. The number of ketones is 2. The molecule has 0 spiro atoms. The van der Waals surface area contributed by atoms with Gasteiger partial charge in [-0.2, -0.15) is 0 Å². The van der Waals surface area contributed by atoms with Gasteiger partial charge in [0.2, 0.25) is 0 Å². The first-order valence-corrected chi connectivity index (χ1v) is 22.3. The van der Waals surface area contributed by atoms with Crippen LogP contribution in [0.3, 0.4) is 0 Å². The summed E-state index contributed by atoms with van der Waals surface area (Å²) in [6.07, 6.45) is 13.6. The predicted molar refractivity (Wildman–Crippen MR) is 245 cm³/mol.